The molecule has 218 valence electrons. The van der Waals surface area contributed by atoms with E-state index in [-0.39, 0.29) is 11.2 Å². The molecule has 4 aromatic rings. The Hall–Kier alpha value is -3.35. The molecule has 4 saturated carbocycles. The summed E-state index contributed by atoms with van der Waals surface area (Å²) < 4.78 is 12.5. The van der Waals surface area contributed by atoms with Gasteiger partial charge in [0.15, 0.2) is 17.5 Å². The fraction of sp³-hybridized carbons (Fsp3) is 0.432. The van der Waals surface area contributed by atoms with Crippen LogP contribution in [0.2, 0.25) is 0 Å². The second-order valence-corrected chi connectivity index (χ2v) is 14.7. The van der Waals surface area contributed by atoms with Gasteiger partial charge in [0.2, 0.25) is 0 Å². The Kier molecular flexibility index (Phi) is 6.23. The van der Waals surface area contributed by atoms with Crippen LogP contribution in [-0.4, -0.2) is 33.3 Å². The van der Waals surface area contributed by atoms with Crippen LogP contribution in [-0.2, 0) is 14.7 Å². The van der Waals surface area contributed by atoms with Crippen molar-refractivity contribution in [2.75, 3.05) is 0 Å². The van der Waals surface area contributed by atoms with Crippen LogP contribution in [0.15, 0.2) is 78.9 Å². The van der Waals surface area contributed by atoms with Gasteiger partial charge in [-0.05, 0) is 100 Å². The van der Waals surface area contributed by atoms with Crippen LogP contribution in [0, 0.1) is 17.8 Å². The standard InChI is InChI=1S/C37H40BN3O2/c1-35(2)36(3,4)43-38(42-35)31-16-12-29(13-17-31)34-40-32(27-8-6-5-7-9-27)39-33(41-34)28-10-14-30(15-11-28)37-21-24-18-25(22-37)20-26(19-24)23-37/h5-17,24-26H,18-23H2,1-4H3/t24-,25+,26-,37?. The normalized spacial score (nSPS) is 28.4. The fourth-order valence-electron chi connectivity index (χ4n) is 8.56. The van der Waals surface area contributed by atoms with Gasteiger partial charge < -0.3 is 9.31 Å². The zero-order valence-corrected chi connectivity index (χ0v) is 25.7. The molecule has 0 amide bonds. The molecule has 0 N–H and O–H groups in total. The number of hydrogen-bond acceptors (Lipinski definition) is 5. The highest BCUT2D eigenvalue weighted by atomic mass is 16.7. The van der Waals surface area contributed by atoms with Crippen LogP contribution >= 0.6 is 0 Å². The van der Waals surface area contributed by atoms with Crippen molar-refractivity contribution in [2.45, 2.75) is 82.8 Å². The molecule has 1 aliphatic heterocycles. The summed E-state index contributed by atoms with van der Waals surface area (Å²) in [6.45, 7) is 8.31. The second kappa shape index (κ2) is 9.83. The van der Waals surface area contributed by atoms with Crippen molar-refractivity contribution >= 4 is 12.6 Å². The number of hydrogen-bond donors (Lipinski definition) is 0. The molecule has 43 heavy (non-hydrogen) atoms. The van der Waals surface area contributed by atoms with Crippen molar-refractivity contribution in [1.82, 2.24) is 15.0 Å². The maximum Gasteiger partial charge on any atom is 0.494 e. The van der Waals surface area contributed by atoms with Crippen LogP contribution in [0.4, 0.5) is 0 Å². The van der Waals surface area contributed by atoms with Crippen LogP contribution in [0.3, 0.4) is 0 Å². The zero-order valence-electron chi connectivity index (χ0n) is 25.7. The molecule has 3 aromatic carbocycles. The van der Waals surface area contributed by atoms with Gasteiger partial charge in [-0.3, -0.25) is 0 Å². The van der Waals surface area contributed by atoms with Gasteiger partial charge in [0.1, 0.15) is 0 Å². The van der Waals surface area contributed by atoms with Crippen molar-refractivity contribution < 1.29 is 9.31 Å². The molecule has 0 radical (unpaired) electrons. The van der Waals surface area contributed by atoms with E-state index in [2.05, 4.69) is 88.4 Å². The Bertz CT molecular complexity index is 1600. The molecule has 0 unspecified atom stereocenters. The zero-order chi connectivity index (χ0) is 29.4. The highest BCUT2D eigenvalue weighted by Gasteiger charge is 2.52. The third kappa shape index (κ3) is 4.74. The van der Waals surface area contributed by atoms with Crippen molar-refractivity contribution in [3.8, 4) is 34.2 Å². The predicted molar refractivity (Wildman–Crippen MR) is 172 cm³/mol. The molecular weight excluding hydrogens is 529 g/mol. The van der Waals surface area contributed by atoms with E-state index < -0.39 is 7.12 Å². The minimum absolute atomic E-state index is 0.380. The lowest BCUT2D eigenvalue weighted by molar-refractivity contribution is -0.00518. The number of benzene rings is 3. The molecule has 1 aromatic heterocycles. The highest BCUT2D eigenvalue weighted by Crippen LogP contribution is 2.60. The van der Waals surface area contributed by atoms with E-state index in [1.807, 2.05) is 18.2 Å². The summed E-state index contributed by atoms with van der Waals surface area (Å²) in [5.41, 5.74) is 5.07. The van der Waals surface area contributed by atoms with Gasteiger partial charge in [-0.1, -0.05) is 78.9 Å². The molecule has 0 spiro atoms. The third-order valence-electron chi connectivity index (χ3n) is 11.2. The van der Waals surface area contributed by atoms with Gasteiger partial charge in [-0.2, -0.15) is 0 Å². The van der Waals surface area contributed by atoms with E-state index in [0.29, 0.717) is 22.9 Å². The average Bonchev–Trinajstić information content (AvgIpc) is 3.23. The van der Waals surface area contributed by atoms with Crippen molar-refractivity contribution in [3.63, 3.8) is 0 Å². The van der Waals surface area contributed by atoms with E-state index >= 15 is 0 Å². The lowest BCUT2D eigenvalue weighted by Gasteiger charge is -2.57. The minimum atomic E-state index is -0.402. The molecule has 2 heterocycles. The van der Waals surface area contributed by atoms with Gasteiger partial charge in [-0.15, -0.1) is 0 Å². The smallest absolute Gasteiger partial charge is 0.399 e. The summed E-state index contributed by atoms with van der Waals surface area (Å²) in [6.07, 6.45) is 8.50. The van der Waals surface area contributed by atoms with Crippen LogP contribution in [0.1, 0.15) is 71.8 Å². The largest absolute Gasteiger partial charge is 0.494 e. The summed E-state index contributed by atoms with van der Waals surface area (Å²) in [7, 11) is -0.402. The van der Waals surface area contributed by atoms with Gasteiger partial charge >= 0.3 is 7.12 Å². The predicted octanol–water partition coefficient (Wildman–Crippen LogP) is 7.64. The van der Waals surface area contributed by atoms with E-state index in [1.54, 1.807) is 0 Å². The molecule has 5 nitrogen and oxygen atoms in total. The molecule has 1 saturated heterocycles. The third-order valence-corrected chi connectivity index (χ3v) is 11.2. The molecule has 5 fully saturated rings. The average molecular weight is 570 g/mol. The van der Waals surface area contributed by atoms with Crippen LogP contribution in [0.5, 0.6) is 0 Å². The lowest BCUT2D eigenvalue weighted by Crippen LogP contribution is -2.48. The highest BCUT2D eigenvalue weighted by molar-refractivity contribution is 6.62. The van der Waals surface area contributed by atoms with E-state index in [0.717, 1.165) is 39.9 Å². The molecule has 4 aliphatic carbocycles. The Labute approximate surface area is 255 Å². The van der Waals surface area contributed by atoms with Gasteiger partial charge in [0, 0.05) is 16.7 Å². The minimum Gasteiger partial charge on any atom is -0.399 e. The first-order valence-electron chi connectivity index (χ1n) is 16.0. The Morgan fingerprint density at radius 2 is 0.977 bits per heavy atom. The maximum absolute atomic E-state index is 6.27. The summed E-state index contributed by atoms with van der Waals surface area (Å²) in [4.78, 5) is 14.9. The van der Waals surface area contributed by atoms with Gasteiger partial charge in [0.05, 0.1) is 11.2 Å². The summed E-state index contributed by atoms with van der Waals surface area (Å²) in [6, 6.07) is 27.6. The molecule has 9 rings (SSSR count). The molecule has 4 bridgehead atoms. The Balaban J connectivity index is 1.12. The van der Waals surface area contributed by atoms with Crippen molar-refractivity contribution in [1.29, 1.82) is 0 Å². The second-order valence-electron chi connectivity index (χ2n) is 14.7. The molecule has 6 heteroatoms. The topological polar surface area (TPSA) is 57.1 Å². The van der Waals surface area contributed by atoms with E-state index in [4.69, 9.17) is 24.3 Å². The number of nitrogens with zero attached hydrogens (tertiary/aromatic N) is 3. The monoisotopic (exact) mass is 569 g/mol. The molecule has 5 aliphatic rings. The SMILES string of the molecule is CC1(C)OB(c2ccc(-c3nc(-c4ccccc4)nc(-c4ccc(C56C[C@H]7C[C@@H](C5)C[C@@H](C6)C7)cc4)n3)cc2)OC1(C)C. The van der Waals surface area contributed by atoms with Crippen molar-refractivity contribution in [3.05, 3.63) is 84.4 Å². The van der Waals surface area contributed by atoms with Crippen molar-refractivity contribution in [2.24, 2.45) is 17.8 Å². The maximum atomic E-state index is 6.27. The summed E-state index contributed by atoms with van der Waals surface area (Å²) in [5, 5.41) is 0. The molecule has 0 atom stereocenters. The summed E-state index contributed by atoms with van der Waals surface area (Å²) >= 11 is 0. The Morgan fingerprint density at radius 1 is 0.558 bits per heavy atom. The quantitative estimate of drug-likeness (QED) is 0.231. The first-order chi connectivity index (χ1) is 20.7. The fourth-order valence-corrected chi connectivity index (χ4v) is 8.56. The van der Waals surface area contributed by atoms with E-state index in [1.165, 1.54) is 44.1 Å². The first-order valence-corrected chi connectivity index (χ1v) is 16.0. The number of aromatic nitrogens is 3. The van der Waals surface area contributed by atoms with Crippen LogP contribution < -0.4 is 5.46 Å². The summed E-state index contributed by atoms with van der Waals surface area (Å²) in [5.74, 6) is 4.84. The van der Waals surface area contributed by atoms with Gasteiger partial charge in [-0.25, -0.2) is 15.0 Å². The van der Waals surface area contributed by atoms with Crippen LogP contribution in [0.25, 0.3) is 34.2 Å². The van der Waals surface area contributed by atoms with Gasteiger partial charge in [0.25, 0.3) is 0 Å². The first kappa shape index (κ1) is 27.2. The lowest BCUT2D eigenvalue weighted by atomic mass is 9.48. The number of rotatable bonds is 5. The Morgan fingerprint density at radius 3 is 1.44 bits per heavy atom. The molecular formula is C37H40BN3O2. The van der Waals surface area contributed by atoms with E-state index in [9.17, 15) is 0 Å².